The van der Waals surface area contributed by atoms with E-state index >= 15 is 0 Å². The van der Waals surface area contributed by atoms with Crippen LogP contribution in [0.2, 0.25) is 0 Å². The van der Waals surface area contributed by atoms with Crippen molar-refractivity contribution in [3.8, 4) is 22.5 Å². The van der Waals surface area contributed by atoms with Crippen LogP contribution in [-0.4, -0.2) is 9.97 Å². The van der Waals surface area contributed by atoms with Gasteiger partial charge in [-0.2, -0.15) is 12.4 Å². The van der Waals surface area contributed by atoms with E-state index in [2.05, 4.69) is 80.6 Å². The van der Waals surface area contributed by atoms with Gasteiger partial charge in [-0.3, -0.25) is 9.97 Å². The second-order valence-electron chi connectivity index (χ2n) is 9.13. The summed E-state index contributed by atoms with van der Waals surface area (Å²) in [5.41, 5.74) is 6.37. The van der Waals surface area contributed by atoms with E-state index in [0.29, 0.717) is 0 Å². The Balaban J connectivity index is 0.000000138. The average Bonchev–Trinajstić information content (AvgIpc) is 3.68. The van der Waals surface area contributed by atoms with Gasteiger partial charge in [-0.1, -0.05) is 84.9 Å². The molecule has 0 radical (unpaired) electrons. The molecule has 0 unspecified atom stereocenters. The molecule has 5 heteroatoms. The molecule has 180 valence electrons. The molecule has 0 saturated heterocycles. The van der Waals surface area contributed by atoms with Gasteiger partial charge in [0.15, 0.2) is 0 Å². The first-order valence-corrected chi connectivity index (χ1v) is 12.6. The Morgan fingerprint density at radius 1 is 0.410 bits per heavy atom. The van der Waals surface area contributed by atoms with Crippen LogP contribution in [-0.2, 0) is 19.5 Å². The van der Waals surface area contributed by atoms with E-state index in [0.717, 1.165) is 33.5 Å². The molecule has 8 aromatic rings. The Morgan fingerprint density at radius 3 is 1.31 bits per heavy atom. The number of rotatable bonds is 2. The number of nitrogens with zero attached hydrogens (tertiary/aromatic N) is 4. The summed E-state index contributed by atoms with van der Waals surface area (Å²) in [4.78, 5) is 17.9. The van der Waals surface area contributed by atoms with Gasteiger partial charge in [-0.25, -0.2) is 0 Å². The molecule has 0 aliphatic carbocycles. The zero-order valence-electron chi connectivity index (χ0n) is 21.2. The minimum atomic E-state index is 0. The summed E-state index contributed by atoms with van der Waals surface area (Å²) in [6.45, 7) is 0. The quantitative estimate of drug-likeness (QED) is 0.204. The summed E-state index contributed by atoms with van der Waals surface area (Å²) >= 11 is 0. The zero-order chi connectivity index (χ0) is 25.3. The smallest absolute Gasteiger partial charge is 0.663 e. The Labute approximate surface area is 238 Å². The van der Waals surface area contributed by atoms with Crippen LogP contribution >= 0.6 is 0 Å². The van der Waals surface area contributed by atoms with Crippen molar-refractivity contribution in [1.82, 2.24) is 19.9 Å². The first-order chi connectivity index (χ1) is 18.9. The van der Waals surface area contributed by atoms with Gasteiger partial charge in [0.25, 0.3) is 0 Å². The number of hydrogen-bond donors (Lipinski definition) is 0. The third-order valence-electron chi connectivity index (χ3n) is 6.90. The minimum Gasteiger partial charge on any atom is -0.663 e. The van der Waals surface area contributed by atoms with E-state index in [1.165, 1.54) is 32.3 Å². The van der Waals surface area contributed by atoms with Crippen LogP contribution < -0.4 is 9.97 Å². The van der Waals surface area contributed by atoms with Crippen molar-refractivity contribution in [2.24, 2.45) is 0 Å². The van der Waals surface area contributed by atoms with Crippen LogP contribution in [0, 0.1) is 0 Å². The third kappa shape index (κ3) is 4.52. The largest absolute Gasteiger partial charge is 2.00 e. The monoisotopic (exact) mass is 550 g/mol. The summed E-state index contributed by atoms with van der Waals surface area (Å²) < 4.78 is 0. The van der Waals surface area contributed by atoms with Gasteiger partial charge in [-0.15, -0.1) is 11.0 Å². The number of aromatic nitrogens is 4. The molecule has 8 rings (SSSR count). The van der Waals surface area contributed by atoms with Crippen LogP contribution in [0.1, 0.15) is 0 Å². The topological polar surface area (TPSA) is 54.0 Å². The standard InChI is InChI=1S/2C17H11N2.Zn/c2*1-2-10-18-15(6-1)14-5-3-4-12-7-8-13-9-11-19-17(13)16(12)14;/h2*1-11H;/q2*-1;+2. The van der Waals surface area contributed by atoms with Crippen LogP contribution in [0.25, 0.3) is 65.9 Å². The number of hydrogen-bond acceptors (Lipinski definition) is 2. The fraction of sp³-hybridized carbons (Fsp3) is 0. The van der Waals surface area contributed by atoms with E-state index in [1.54, 1.807) is 0 Å². The molecule has 39 heavy (non-hydrogen) atoms. The summed E-state index contributed by atoms with van der Waals surface area (Å²) in [6.07, 6.45) is 7.37. The molecule has 4 aromatic carbocycles. The van der Waals surface area contributed by atoms with Gasteiger partial charge >= 0.3 is 19.5 Å². The molecule has 0 atom stereocenters. The molecule has 0 fully saturated rings. The minimum absolute atomic E-state index is 0. The van der Waals surface area contributed by atoms with Gasteiger partial charge < -0.3 is 9.97 Å². The first-order valence-electron chi connectivity index (χ1n) is 12.6. The third-order valence-corrected chi connectivity index (χ3v) is 6.90. The molecule has 4 heterocycles. The molecule has 0 amide bonds. The van der Waals surface area contributed by atoms with E-state index in [1.807, 2.05) is 73.3 Å². The zero-order valence-corrected chi connectivity index (χ0v) is 24.2. The van der Waals surface area contributed by atoms with Crippen molar-refractivity contribution < 1.29 is 19.5 Å². The second-order valence-corrected chi connectivity index (χ2v) is 9.13. The number of benzene rings is 4. The van der Waals surface area contributed by atoms with Crippen molar-refractivity contribution in [2.45, 2.75) is 0 Å². The fourth-order valence-corrected chi connectivity index (χ4v) is 5.15. The molecule has 0 saturated carbocycles. The Morgan fingerprint density at radius 2 is 0.872 bits per heavy atom. The summed E-state index contributed by atoms with van der Waals surface area (Å²) in [7, 11) is 0. The second kappa shape index (κ2) is 10.6. The fourth-order valence-electron chi connectivity index (χ4n) is 5.15. The van der Waals surface area contributed by atoms with Crippen LogP contribution in [0.3, 0.4) is 0 Å². The van der Waals surface area contributed by atoms with Crippen molar-refractivity contribution >= 4 is 43.4 Å². The van der Waals surface area contributed by atoms with Crippen LogP contribution in [0.5, 0.6) is 0 Å². The average molecular weight is 552 g/mol. The molecule has 0 bridgehead atoms. The molecule has 0 aliphatic rings. The van der Waals surface area contributed by atoms with Crippen molar-refractivity contribution in [3.05, 3.63) is 134 Å². The molecule has 4 nitrogen and oxygen atoms in total. The number of fused-ring (bicyclic) bond motifs is 6. The van der Waals surface area contributed by atoms with Gasteiger partial charge in [0.2, 0.25) is 0 Å². The van der Waals surface area contributed by atoms with Crippen molar-refractivity contribution in [3.63, 3.8) is 0 Å². The summed E-state index contributed by atoms with van der Waals surface area (Å²) in [6, 6.07) is 37.2. The molecular weight excluding hydrogens is 530 g/mol. The van der Waals surface area contributed by atoms with E-state index in [9.17, 15) is 0 Å². The van der Waals surface area contributed by atoms with Gasteiger partial charge in [0, 0.05) is 23.5 Å². The summed E-state index contributed by atoms with van der Waals surface area (Å²) in [5, 5.41) is 7.13. The Kier molecular flexibility index (Phi) is 6.75. The maximum atomic E-state index is 4.51. The normalized spacial score (nSPS) is 10.9. The van der Waals surface area contributed by atoms with E-state index < -0.39 is 0 Å². The molecular formula is C34H22N4Zn. The molecule has 0 spiro atoms. The van der Waals surface area contributed by atoms with Gasteiger partial charge in [-0.05, 0) is 56.6 Å². The van der Waals surface area contributed by atoms with Crippen LogP contribution in [0.15, 0.2) is 134 Å². The maximum absolute atomic E-state index is 4.51. The van der Waals surface area contributed by atoms with Gasteiger partial charge in [0.1, 0.15) is 0 Å². The van der Waals surface area contributed by atoms with Crippen LogP contribution in [0.4, 0.5) is 0 Å². The predicted octanol–water partition coefficient (Wildman–Crippen LogP) is 8.02. The first kappa shape index (κ1) is 24.7. The number of pyridine rings is 2. The molecule has 0 aliphatic heterocycles. The SMILES string of the molecule is [Zn+2].c1ccc(-c2cccc3ccc4cc[n-]c4c23)nc1.c1ccc(-c2cccc3ccc4cc[n-]c4c23)nc1. The van der Waals surface area contributed by atoms with E-state index in [-0.39, 0.29) is 19.5 Å². The Hall–Kier alpha value is -4.60. The van der Waals surface area contributed by atoms with Crippen molar-refractivity contribution in [2.75, 3.05) is 0 Å². The predicted molar refractivity (Wildman–Crippen MR) is 156 cm³/mol. The summed E-state index contributed by atoms with van der Waals surface area (Å²) in [5.74, 6) is 0. The maximum Gasteiger partial charge on any atom is 2.00 e. The molecule has 0 N–H and O–H groups in total. The van der Waals surface area contributed by atoms with E-state index in [4.69, 9.17) is 0 Å². The van der Waals surface area contributed by atoms with Gasteiger partial charge in [0.05, 0.1) is 11.4 Å². The molecule has 4 aromatic heterocycles. The van der Waals surface area contributed by atoms with Crippen molar-refractivity contribution in [1.29, 1.82) is 0 Å². The Bertz CT molecular complexity index is 1880.